The van der Waals surface area contributed by atoms with Crippen molar-refractivity contribution in [3.63, 3.8) is 0 Å². The molecule has 2 aliphatic carbocycles. The molecule has 2 fully saturated rings. The fourth-order valence-corrected chi connectivity index (χ4v) is 3.98. The van der Waals surface area contributed by atoms with Crippen LogP contribution in [0.4, 0.5) is 0 Å². The highest BCUT2D eigenvalue weighted by Gasteiger charge is 2.33. The van der Waals surface area contributed by atoms with E-state index in [-0.39, 0.29) is 0 Å². The summed E-state index contributed by atoms with van der Waals surface area (Å²) in [6, 6.07) is 0. The van der Waals surface area contributed by atoms with Crippen LogP contribution in [0.2, 0.25) is 0 Å². The molecule has 2 saturated carbocycles. The van der Waals surface area contributed by atoms with Gasteiger partial charge < -0.3 is 9.88 Å². The van der Waals surface area contributed by atoms with Gasteiger partial charge >= 0.3 is 0 Å². The Hall–Kier alpha value is -0.830. The van der Waals surface area contributed by atoms with Crippen LogP contribution in [-0.2, 0) is 19.5 Å². The molecule has 3 aliphatic rings. The van der Waals surface area contributed by atoms with E-state index in [1.165, 1.54) is 56.6 Å². The fraction of sp³-hybridized carbons (Fsp3) is 0.812. The summed E-state index contributed by atoms with van der Waals surface area (Å²) in [5.74, 6) is 4.01. The van der Waals surface area contributed by atoms with E-state index in [4.69, 9.17) is 4.98 Å². The van der Waals surface area contributed by atoms with E-state index in [1.54, 1.807) is 5.69 Å². The van der Waals surface area contributed by atoms with Crippen molar-refractivity contribution < 1.29 is 0 Å². The first kappa shape index (κ1) is 12.0. The van der Waals surface area contributed by atoms with E-state index in [2.05, 4.69) is 16.8 Å². The standard InChI is InChI=1S/C16H25N3/c1-11-3-2-4-13(11)10-19-15-7-8-17-9-14(15)18-16(19)12-5-6-12/h11-13,17H,2-10H2,1H3. The number of aromatic nitrogens is 2. The van der Waals surface area contributed by atoms with Gasteiger partial charge in [0.25, 0.3) is 0 Å². The first-order valence-electron chi connectivity index (χ1n) is 8.12. The van der Waals surface area contributed by atoms with Gasteiger partial charge in [0, 0.05) is 37.7 Å². The summed E-state index contributed by atoms with van der Waals surface area (Å²) >= 11 is 0. The van der Waals surface area contributed by atoms with Crippen molar-refractivity contribution in [2.75, 3.05) is 6.54 Å². The third-order valence-corrected chi connectivity index (χ3v) is 5.41. The van der Waals surface area contributed by atoms with Crippen molar-refractivity contribution in [3.8, 4) is 0 Å². The molecule has 0 amide bonds. The number of hydrogen-bond acceptors (Lipinski definition) is 2. The summed E-state index contributed by atoms with van der Waals surface area (Å²) < 4.78 is 2.64. The molecule has 2 heterocycles. The van der Waals surface area contributed by atoms with Crippen molar-refractivity contribution in [2.24, 2.45) is 11.8 Å². The van der Waals surface area contributed by atoms with E-state index in [9.17, 15) is 0 Å². The summed E-state index contributed by atoms with van der Waals surface area (Å²) in [6.45, 7) is 5.81. The van der Waals surface area contributed by atoms with Gasteiger partial charge in [-0.25, -0.2) is 4.98 Å². The molecule has 1 aromatic heterocycles. The second-order valence-electron chi connectivity index (χ2n) is 6.84. The highest BCUT2D eigenvalue weighted by atomic mass is 15.1. The lowest BCUT2D eigenvalue weighted by molar-refractivity contribution is 0.353. The topological polar surface area (TPSA) is 29.9 Å². The Balaban J connectivity index is 1.66. The van der Waals surface area contributed by atoms with Crippen LogP contribution in [0.3, 0.4) is 0 Å². The molecule has 1 aliphatic heterocycles. The summed E-state index contributed by atoms with van der Waals surface area (Å²) in [6.07, 6.45) is 8.20. The number of hydrogen-bond donors (Lipinski definition) is 1. The minimum absolute atomic E-state index is 0.780. The number of imidazole rings is 1. The van der Waals surface area contributed by atoms with Gasteiger partial charge in [0.1, 0.15) is 5.82 Å². The van der Waals surface area contributed by atoms with Crippen LogP contribution in [0.5, 0.6) is 0 Å². The Kier molecular flexibility index (Phi) is 2.91. The van der Waals surface area contributed by atoms with Gasteiger partial charge in [0.2, 0.25) is 0 Å². The molecule has 3 heteroatoms. The largest absolute Gasteiger partial charge is 0.331 e. The second kappa shape index (κ2) is 4.62. The number of nitrogens with zero attached hydrogens (tertiary/aromatic N) is 2. The Bertz CT molecular complexity index is 473. The van der Waals surface area contributed by atoms with Crippen LogP contribution in [0.1, 0.15) is 62.2 Å². The predicted octanol–water partition coefficient (Wildman–Crippen LogP) is 2.84. The first-order valence-corrected chi connectivity index (χ1v) is 8.12. The molecule has 0 saturated heterocycles. The predicted molar refractivity (Wildman–Crippen MR) is 76.1 cm³/mol. The highest BCUT2D eigenvalue weighted by Crippen LogP contribution is 2.42. The smallest absolute Gasteiger partial charge is 0.112 e. The molecule has 0 spiro atoms. The Morgan fingerprint density at radius 2 is 2.16 bits per heavy atom. The molecule has 2 atom stereocenters. The van der Waals surface area contributed by atoms with E-state index in [0.717, 1.165) is 30.8 Å². The van der Waals surface area contributed by atoms with E-state index < -0.39 is 0 Å². The minimum Gasteiger partial charge on any atom is -0.331 e. The maximum Gasteiger partial charge on any atom is 0.112 e. The number of nitrogens with one attached hydrogen (secondary N) is 1. The van der Waals surface area contributed by atoms with Crippen LogP contribution in [0, 0.1) is 11.8 Å². The second-order valence-corrected chi connectivity index (χ2v) is 6.84. The summed E-state index contributed by atoms with van der Waals surface area (Å²) in [5, 5.41) is 3.47. The van der Waals surface area contributed by atoms with Crippen molar-refractivity contribution in [2.45, 2.75) is 64.5 Å². The molecule has 0 radical (unpaired) electrons. The molecular weight excluding hydrogens is 234 g/mol. The van der Waals surface area contributed by atoms with Gasteiger partial charge in [-0.15, -0.1) is 0 Å². The maximum atomic E-state index is 4.98. The zero-order chi connectivity index (χ0) is 12.8. The lowest BCUT2D eigenvalue weighted by atomic mass is 9.97. The quantitative estimate of drug-likeness (QED) is 0.904. The number of rotatable bonds is 3. The Morgan fingerprint density at radius 1 is 1.26 bits per heavy atom. The van der Waals surface area contributed by atoms with Gasteiger partial charge in [-0.2, -0.15) is 0 Å². The number of fused-ring (bicyclic) bond motifs is 1. The van der Waals surface area contributed by atoms with Crippen LogP contribution >= 0.6 is 0 Å². The molecule has 0 aromatic carbocycles. The van der Waals surface area contributed by atoms with Gasteiger partial charge in [-0.3, -0.25) is 0 Å². The third-order valence-electron chi connectivity index (χ3n) is 5.41. The van der Waals surface area contributed by atoms with E-state index in [1.807, 2.05) is 0 Å². The zero-order valence-electron chi connectivity index (χ0n) is 12.0. The third kappa shape index (κ3) is 2.12. The van der Waals surface area contributed by atoms with E-state index in [0.29, 0.717) is 0 Å². The van der Waals surface area contributed by atoms with Gasteiger partial charge in [0.05, 0.1) is 5.69 Å². The van der Waals surface area contributed by atoms with Gasteiger partial charge in [-0.05, 0) is 31.1 Å². The molecule has 3 nitrogen and oxygen atoms in total. The highest BCUT2D eigenvalue weighted by molar-refractivity contribution is 5.24. The molecule has 0 bridgehead atoms. The summed E-state index contributed by atoms with van der Waals surface area (Å²) in [4.78, 5) is 4.98. The van der Waals surface area contributed by atoms with Crippen LogP contribution in [0.15, 0.2) is 0 Å². The summed E-state index contributed by atoms with van der Waals surface area (Å²) in [7, 11) is 0. The van der Waals surface area contributed by atoms with E-state index >= 15 is 0 Å². The summed E-state index contributed by atoms with van der Waals surface area (Å²) in [5.41, 5.74) is 2.90. The van der Waals surface area contributed by atoms with Gasteiger partial charge in [-0.1, -0.05) is 19.8 Å². The van der Waals surface area contributed by atoms with Crippen molar-refractivity contribution in [1.82, 2.24) is 14.9 Å². The van der Waals surface area contributed by atoms with Crippen molar-refractivity contribution >= 4 is 0 Å². The average Bonchev–Trinajstić information content (AvgIpc) is 3.10. The molecule has 2 unspecified atom stereocenters. The lowest BCUT2D eigenvalue weighted by Crippen LogP contribution is -2.26. The molecular formula is C16H25N3. The van der Waals surface area contributed by atoms with Crippen molar-refractivity contribution in [1.29, 1.82) is 0 Å². The monoisotopic (exact) mass is 259 g/mol. The zero-order valence-corrected chi connectivity index (χ0v) is 12.0. The molecule has 19 heavy (non-hydrogen) atoms. The molecule has 1 N–H and O–H groups in total. The molecule has 4 rings (SSSR count). The first-order chi connectivity index (χ1) is 9.33. The minimum atomic E-state index is 0.780. The van der Waals surface area contributed by atoms with Crippen LogP contribution < -0.4 is 5.32 Å². The lowest BCUT2D eigenvalue weighted by Gasteiger charge is -2.21. The Labute approximate surface area is 115 Å². The Morgan fingerprint density at radius 3 is 2.89 bits per heavy atom. The van der Waals surface area contributed by atoms with Crippen LogP contribution in [-0.4, -0.2) is 16.1 Å². The normalized spacial score (nSPS) is 30.6. The fourth-order valence-electron chi connectivity index (χ4n) is 3.98. The maximum absolute atomic E-state index is 4.98. The van der Waals surface area contributed by atoms with Crippen molar-refractivity contribution in [3.05, 3.63) is 17.2 Å². The molecule has 1 aromatic rings. The van der Waals surface area contributed by atoms with Gasteiger partial charge in [0.15, 0.2) is 0 Å². The molecule has 104 valence electrons. The SMILES string of the molecule is CC1CCCC1Cn1c(C2CC2)nc2c1CCNC2. The van der Waals surface area contributed by atoms with Crippen LogP contribution in [0.25, 0.3) is 0 Å². The average molecular weight is 259 g/mol.